The smallest absolute Gasteiger partial charge is 0.221 e. The van der Waals surface area contributed by atoms with E-state index in [4.69, 9.17) is 0 Å². The Hall–Kier alpha value is -1.06. The molecule has 12 heavy (non-hydrogen) atoms. The number of hydrogen-bond donors (Lipinski definition) is 2. The molecule has 0 radical (unpaired) electrons. The molecule has 0 aliphatic rings. The minimum Gasteiger partial charge on any atom is -0.334 e. The van der Waals surface area contributed by atoms with Gasteiger partial charge in [0.15, 0.2) is 0 Å². The van der Waals surface area contributed by atoms with E-state index >= 15 is 0 Å². The largest absolute Gasteiger partial charge is 0.334 e. The SMILES string of the molecule is CCC(=O)NC(C)(C)NC(C)=O. The third-order valence-corrected chi connectivity index (χ3v) is 1.26. The number of carbonyl (C=O) groups is 2. The molecule has 0 aliphatic carbocycles. The highest BCUT2D eigenvalue weighted by Gasteiger charge is 2.19. The van der Waals surface area contributed by atoms with E-state index in [1.54, 1.807) is 20.8 Å². The molecule has 70 valence electrons. The van der Waals surface area contributed by atoms with Crippen molar-refractivity contribution in [2.75, 3.05) is 0 Å². The molecular weight excluding hydrogens is 156 g/mol. The fourth-order valence-electron chi connectivity index (χ4n) is 0.908. The van der Waals surface area contributed by atoms with E-state index in [-0.39, 0.29) is 11.8 Å². The predicted octanol–water partition coefficient (Wildman–Crippen LogP) is 0.385. The van der Waals surface area contributed by atoms with E-state index in [2.05, 4.69) is 10.6 Å². The molecule has 0 fully saturated rings. The Labute approximate surface area is 72.7 Å². The maximum Gasteiger partial charge on any atom is 0.221 e. The van der Waals surface area contributed by atoms with Gasteiger partial charge in [-0.2, -0.15) is 0 Å². The summed E-state index contributed by atoms with van der Waals surface area (Å²) in [7, 11) is 0. The molecule has 4 nitrogen and oxygen atoms in total. The summed E-state index contributed by atoms with van der Waals surface area (Å²) in [4.78, 5) is 21.6. The van der Waals surface area contributed by atoms with Crippen molar-refractivity contribution in [1.82, 2.24) is 10.6 Å². The number of amides is 2. The Morgan fingerprint density at radius 2 is 1.75 bits per heavy atom. The Balaban J connectivity index is 4.03. The first kappa shape index (κ1) is 10.9. The molecule has 0 spiro atoms. The Morgan fingerprint density at radius 1 is 1.25 bits per heavy atom. The molecule has 0 atom stereocenters. The van der Waals surface area contributed by atoms with Crippen LogP contribution in [0, 0.1) is 0 Å². The first-order chi connectivity index (χ1) is 5.37. The van der Waals surface area contributed by atoms with Gasteiger partial charge in [-0.25, -0.2) is 0 Å². The second-order valence-corrected chi connectivity index (χ2v) is 3.21. The van der Waals surface area contributed by atoms with Crippen LogP contribution in [0.25, 0.3) is 0 Å². The quantitative estimate of drug-likeness (QED) is 0.605. The van der Waals surface area contributed by atoms with E-state index < -0.39 is 5.66 Å². The maximum atomic E-state index is 10.9. The molecule has 0 heterocycles. The summed E-state index contributed by atoms with van der Waals surface area (Å²) in [6, 6.07) is 0. The molecule has 0 unspecified atom stereocenters. The van der Waals surface area contributed by atoms with Gasteiger partial charge in [0, 0.05) is 13.3 Å². The third-order valence-electron chi connectivity index (χ3n) is 1.26. The second-order valence-electron chi connectivity index (χ2n) is 3.21. The molecule has 0 aliphatic heterocycles. The molecule has 2 N–H and O–H groups in total. The zero-order chi connectivity index (χ0) is 9.78. The van der Waals surface area contributed by atoms with Gasteiger partial charge in [-0.15, -0.1) is 0 Å². The van der Waals surface area contributed by atoms with Crippen LogP contribution in [0.15, 0.2) is 0 Å². The van der Waals surface area contributed by atoms with Crippen molar-refractivity contribution in [3.8, 4) is 0 Å². The van der Waals surface area contributed by atoms with Crippen LogP contribution in [0.3, 0.4) is 0 Å². The van der Waals surface area contributed by atoms with Crippen molar-refractivity contribution in [2.45, 2.75) is 39.8 Å². The van der Waals surface area contributed by atoms with Gasteiger partial charge in [-0.05, 0) is 13.8 Å². The summed E-state index contributed by atoms with van der Waals surface area (Å²) >= 11 is 0. The number of hydrogen-bond acceptors (Lipinski definition) is 2. The monoisotopic (exact) mass is 172 g/mol. The molecular formula is C8H16N2O2. The van der Waals surface area contributed by atoms with Gasteiger partial charge in [-0.1, -0.05) is 6.92 Å². The highest BCUT2D eigenvalue weighted by Crippen LogP contribution is 1.96. The van der Waals surface area contributed by atoms with Crippen LogP contribution in [0.5, 0.6) is 0 Å². The highest BCUT2D eigenvalue weighted by atomic mass is 16.2. The Bertz CT molecular complexity index is 187. The zero-order valence-electron chi connectivity index (χ0n) is 8.02. The van der Waals surface area contributed by atoms with E-state index in [9.17, 15) is 9.59 Å². The van der Waals surface area contributed by atoms with Crippen LogP contribution in [0.4, 0.5) is 0 Å². The average molecular weight is 172 g/mol. The van der Waals surface area contributed by atoms with Crippen molar-refractivity contribution in [2.24, 2.45) is 0 Å². The lowest BCUT2D eigenvalue weighted by molar-refractivity contribution is -0.125. The van der Waals surface area contributed by atoms with Crippen LogP contribution >= 0.6 is 0 Å². The van der Waals surface area contributed by atoms with Gasteiger partial charge in [0.1, 0.15) is 5.66 Å². The van der Waals surface area contributed by atoms with Gasteiger partial charge in [0.2, 0.25) is 11.8 Å². The van der Waals surface area contributed by atoms with Crippen molar-refractivity contribution in [1.29, 1.82) is 0 Å². The van der Waals surface area contributed by atoms with E-state index in [0.717, 1.165) is 0 Å². The van der Waals surface area contributed by atoms with Gasteiger partial charge in [0.25, 0.3) is 0 Å². The summed E-state index contributed by atoms with van der Waals surface area (Å²) in [5.74, 6) is -0.231. The van der Waals surface area contributed by atoms with Crippen LogP contribution < -0.4 is 10.6 Å². The molecule has 0 rings (SSSR count). The van der Waals surface area contributed by atoms with E-state index in [0.29, 0.717) is 6.42 Å². The molecule has 0 saturated heterocycles. The standard InChI is InChI=1S/C8H16N2O2/c1-5-7(12)10-8(3,4)9-6(2)11/h5H2,1-4H3,(H,9,11)(H,10,12). The van der Waals surface area contributed by atoms with Gasteiger partial charge >= 0.3 is 0 Å². The van der Waals surface area contributed by atoms with E-state index in [1.807, 2.05) is 0 Å². The minimum atomic E-state index is -0.654. The van der Waals surface area contributed by atoms with Gasteiger partial charge < -0.3 is 10.6 Å². The average Bonchev–Trinajstić information content (AvgIpc) is 1.83. The molecule has 0 aromatic carbocycles. The number of nitrogens with one attached hydrogen (secondary N) is 2. The fourth-order valence-corrected chi connectivity index (χ4v) is 0.908. The number of rotatable bonds is 3. The molecule has 0 saturated carbocycles. The summed E-state index contributed by atoms with van der Waals surface area (Å²) in [5.41, 5.74) is -0.654. The lowest BCUT2D eigenvalue weighted by atomic mass is 10.2. The summed E-state index contributed by atoms with van der Waals surface area (Å²) in [6.07, 6.45) is 0.420. The van der Waals surface area contributed by atoms with Crippen LogP contribution in [0.1, 0.15) is 34.1 Å². The van der Waals surface area contributed by atoms with Gasteiger partial charge in [-0.3, -0.25) is 9.59 Å². The molecule has 4 heteroatoms. The summed E-state index contributed by atoms with van der Waals surface area (Å²) in [5, 5.41) is 5.28. The van der Waals surface area contributed by atoms with Crippen molar-refractivity contribution >= 4 is 11.8 Å². The minimum absolute atomic E-state index is 0.0752. The third kappa shape index (κ3) is 4.71. The topological polar surface area (TPSA) is 58.2 Å². The molecule has 0 aromatic rings. The van der Waals surface area contributed by atoms with Crippen LogP contribution in [-0.2, 0) is 9.59 Å². The summed E-state index contributed by atoms with van der Waals surface area (Å²) in [6.45, 7) is 6.66. The van der Waals surface area contributed by atoms with Crippen molar-refractivity contribution < 1.29 is 9.59 Å². The fraction of sp³-hybridized carbons (Fsp3) is 0.750. The lowest BCUT2D eigenvalue weighted by Gasteiger charge is -2.26. The normalized spacial score (nSPS) is 10.7. The Kier molecular flexibility index (Phi) is 3.73. The van der Waals surface area contributed by atoms with Crippen molar-refractivity contribution in [3.05, 3.63) is 0 Å². The maximum absolute atomic E-state index is 10.9. The van der Waals surface area contributed by atoms with Crippen LogP contribution in [-0.4, -0.2) is 17.5 Å². The zero-order valence-corrected chi connectivity index (χ0v) is 8.02. The first-order valence-corrected chi connectivity index (χ1v) is 3.97. The molecule has 0 aromatic heterocycles. The second kappa shape index (κ2) is 4.09. The van der Waals surface area contributed by atoms with Crippen LogP contribution in [0.2, 0.25) is 0 Å². The Morgan fingerprint density at radius 3 is 2.08 bits per heavy atom. The lowest BCUT2D eigenvalue weighted by Crippen LogP contribution is -2.55. The van der Waals surface area contributed by atoms with E-state index in [1.165, 1.54) is 6.92 Å². The van der Waals surface area contributed by atoms with Crippen molar-refractivity contribution in [3.63, 3.8) is 0 Å². The first-order valence-electron chi connectivity index (χ1n) is 3.97. The molecule has 2 amide bonds. The highest BCUT2D eigenvalue weighted by molar-refractivity contribution is 5.78. The molecule has 0 bridgehead atoms. The predicted molar refractivity (Wildman–Crippen MR) is 46.3 cm³/mol. The van der Waals surface area contributed by atoms with Gasteiger partial charge in [0.05, 0.1) is 0 Å². The number of carbonyl (C=O) groups excluding carboxylic acids is 2. The summed E-state index contributed by atoms with van der Waals surface area (Å²) < 4.78 is 0.